The van der Waals surface area contributed by atoms with Crippen LogP contribution in [-0.4, -0.2) is 36.1 Å². The average molecular weight is 276 g/mol. The summed E-state index contributed by atoms with van der Waals surface area (Å²) in [5, 5.41) is 0. The summed E-state index contributed by atoms with van der Waals surface area (Å²) in [5.41, 5.74) is 0.372. The van der Waals surface area contributed by atoms with E-state index in [-0.39, 0.29) is 12.1 Å². The molecule has 0 amide bonds. The summed E-state index contributed by atoms with van der Waals surface area (Å²) in [6, 6.07) is 4.43. The van der Waals surface area contributed by atoms with Gasteiger partial charge in [0, 0.05) is 30.6 Å². The Morgan fingerprint density at radius 2 is 2.22 bits per heavy atom. The molecule has 18 heavy (non-hydrogen) atoms. The Morgan fingerprint density at radius 3 is 2.94 bits per heavy atom. The first-order chi connectivity index (χ1) is 8.61. The summed E-state index contributed by atoms with van der Waals surface area (Å²) < 4.78 is 32.3. The van der Waals surface area contributed by atoms with Crippen molar-refractivity contribution in [3.63, 3.8) is 0 Å². The third-order valence-corrected chi connectivity index (χ3v) is 3.56. The number of alkyl halides is 1. The number of nitrogens with zero attached hydrogens (tertiary/aromatic N) is 1. The molecule has 1 aromatic rings. The maximum absolute atomic E-state index is 13.6. The lowest BCUT2D eigenvalue weighted by Crippen LogP contribution is -2.48. The zero-order valence-corrected chi connectivity index (χ0v) is 11.0. The topological polar surface area (TPSA) is 12.5 Å². The normalized spacial score (nSPS) is 25.3. The molecule has 0 radical (unpaired) electrons. The van der Waals surface area contributed by atoms with Crippen molar-refractivity contribution in [2.24, 2.45) is 0 Å². The van der Waals surface area contributed by atoms with Crippen molar-refractivity contribution in [1.82, 2.24) is 4.90 Å². The molecule has 100 valence electrons. The van der Waals surface area contributed by atoms with Crippen LogP contribution in [0.2, 0.25) is 0 Å². The highest BCUT2D eigenvalue weighted by Gasteiger charge is 2.26. The molecule has 1 aliphatic heterocycles. The van der Waals surface area contributed by atoms with E-state index in [1.54, 1.807) is 6.07 Å². The van der Waals surface area contributed by atoms with Crippen LogP contribution in [0.3, 0.4) is 0 Å². The van der Waals surface area contributed by atoms with Crippen LogP contribution < -0.4 is 0 Å². The van der Waals surface area contributed by atoms with Gasteiger partial charge in [0.05, 0.1) is 12.7 Å². The van der Waals surface area contributed by atoms with E-state index in [1.807, 2.05) is 6.92 Å². The fraction of sp³-hybridized carbons (Fsp3) is 0.538. The van der Waals surface area contributed by atoms with Crippen LogP contribution in [-0.2, 0) is 11.3 Å². The first kappa shape index (κ1) is 13.7. The molecule has 1 heterocycles. The van der Waals surface area contributed by atoms with Gasteiger partial charge in [-0.1, -0.05) is 12.1 Å². The molecule has 2 rings (SSSR count). The molecular weight excluding hydrogens is 260 g/mol. The van der Waals surface area contributed by atoms with Crippen LogP contribution in [0.15, 0.2) is 18.2 Å². The highest BCUT2D eigenvalue weighted by molar-refractivity contribution is 6.18. The molecule has 0 saturated carbocycles. The number of halogens is 3. The summed E-state index contributed by atoms with van der Waals surface area (Å²) in [6.45, 7) is 3.58. The van der Waals surface area contributed by atoms with E-state index in [9.17, 15) is 8.78 Å². The highest BCUT2D eigenvalue weighted by atomic mass is 35.5. The van der Waals surface area contributed by atoms with Gasteiger partial charge in [0.25, 0.3) is 0 Å². The third kappa shape index (κ3) is 2.99. The van der Waals surface area contributed by atoms with E-state index >= 15 is 0 Å². The van der Waals surface area contributed by atoms with Crippen molar-refractivity contribution in [3.8, 4) is 0 Å². The molecule has 0 aromatic heterocycles. The minimum absolute atomic E-state index is 0.0421. The lowest BCUT2D eigenvalue weighted by Gasteiger charge is -2.37. The lowest BCUT2D eigenvalue weighted by molar-refractivity contribution is -0.0514. The monoisotopic (exact) mass is 275 g/mol. The van der Waals surface area contributed by atoms with E-state index < -0.39 is 11.6 Å². The molecule has 1 saturated heterocycles. The Hall–Kier alpha value is -0.710. The summed E-state index contributed by atoms with van der Waals surface area (Å²) in [7, 11) is 0. The number of morpholine rings is 1. The maximum Gasteiger partial charge on any atom is 0.163 e. The van der Waals surface area contributed by atoms with Gasteiger partial charge in [-0.2, -0.15) is 0 Å². The first-order valence-corrected chi connectivity index (χ1v) is 6.49. The highest BCUT2D eigenvalue weighted by Crippen LogP contribution is 2.19. The van der Waals surface area contributed by atoms with Gasteiger partial charge in [-0.3, -0.25) is 4.90 Å². The molecule has 1 fully saturated rings. The van der Waals surface area contributed by atoms with Crippen LogP contribution in [0.25, 0.3) is 0 Å². The van der Waals surface area contributed by atoms with Crippen LogP contribution in [0, 0.1) is 11.6 Å². The Bertz CT molecular complexity index is 416. The van der Waals surface area contributed by atoms with Crippen LogP contribution >= 0.6 is 11.6 Å². The van der Waals surface area contributed by atoms with Gasteiger partial charge in [-0.15, -0.1) is 11.6 Å². The van der Waals surface area contributed by atoms with Crippen molar-refractivity contribution in [2.75, 3.05) is 19.0 Å². The first-order valence-electron chi connectivity index (χ1n) is 5.96. The standard InChI is InChI=1S/C13H16ClF2NO/c1-9-8-18-11(5-14)7-17(9)6-10-3-2-4-12(15)13(10)16/h2-4,9,11H,5-8H2,1H3. The number of hydrogen-bond donors (Lipinski definition) is 0. The fourth-order valence-corrected chi connectivity index (χ4v) is 2.26. The Kier molecular flexibility index (Phi) is 4.54. The molecular formula is C13H16ClF2NO. The SMILES string of the molecule is CC1COC(CCl)CN1Cc1cccc(F)c1F. The van der Waals surface area contributed by atoms with Crippen LogP contribution in [0.5, 0.6) is 0 Å². The summed E-state index contributed by atoms with van der Waals surface area (Å²) in [6.07, 6.45) is -0.0421. The second-order valence-corrected chi connectivity index (χ2v) is 4.91. The fourth-order valence-electron chi connectivity index (χ4n) is 2.08. The van der Waals surface area contributed by atoms with Crippen LogP contribution in [0.4, 0.5) is 8.78 Å². The summed E-state index contributed by atoms with van der Waals surface area (Å²) in [4.78, 5) is 2.06. The zero-order chi connectivity index (χ0) is 13.1. The summed E-state index contributed by atoms with van der Waals surface area (Å²) in [5.74, 6) is -1.16. The van der Waals surface area contributed by atoms with Crippen molar-refractivity contribution in [3.05, 3.63) is 35.4 Å². The average Bonchev–Trinajstić information content (AvgIpc) is 2.37. The minimum Gasteiger partial charge on any atom is -0.374 e. The number of benzene rings is 1. The second kappa shape index (κ2) is 5.95. The number of hydrogen-bond acceptors (Lipinski definition) is 2. The van der Waals surface area contributed by atoms with E-state index in [1.165, 1.54) is 6.07 Å². The van der Waals surface area contributed by atoms with Crippen molar-refractivity contribution >= 4 is 11.6 Å². The molecule has 2 unspecified atom stereocenters. The second-order valence-electron chi connectivity index (χ2n) is 4.60. The molecule has 0 N–H and O–H groups in total. The molecule has 0 bridgehead atoms. The molecule has 0 spiro atoms. The third-order valence-electron chi connectivity index (χ3n) is 3.21. The Balaban J connectivity index is 2.09. The van der Waals surface area contributed by atoms with E-state index in [0.29, 0.717) is 31.1 Å². The van der Waals surface area contributed by atoms with Gasteiger partial charge in [0.2, 0.25) is 0 Å². The maximum atomic E-state index is 13.6. The zero-order valence-electron chi connectivity index (χ0n) is 10.2. The number of ether oxygens (including phenoxy) is 1. The van der Waals surface area contributed by atoms with Crippen molar-refractivity contribution in [1.29, 1.82) is 0 Å². The van der Waals surface area contributed by atoms with Gasteiger partial charge in [0.1, 0.15) is 0 Å². The Morgan fingerprint density at radius 1 is 1.44 bits per heavy atom. The lowest BCUT2D eigenvalue weighted by atomic mass is 10.1. The molecule has 0 aliphatic carbocycles. The quantitative estimate of drug-likeness (QED) is 0.787. The molecule has 1 aromatic carbocycles. The van der Waals surface area contributed by atoms with Gasteiger partial charge in [0.15, 0.2) is 11.6 Å². The predicted octanol–water partition coefficient (Wildman–Crippen LogP) is 2.79. The van der Waals surface area contributed by atoms with E-state index in [0.717, 1.165) is 6.07 Å². The van der Waals surface area contributed by atoms with Gasteiger partial charge >= 0.3 is 0 Å². The van der Waals surface area contributed by atoms with E-state index in [2.05, 4.69) is 4.90 Å². The number of rotatable bonds is 3. The largest absolute Gasteiger partial charge is 0.374 e. The molecule has 5 heteroatoms. The summed E-state index contributed by atoms with van der Waals surface area (Å²) >= 11 is 5.77. The molecule has 2 atom stereocenters. The Labute approximate surface area is 110 Å². The van der Waals surface area contributed by atoms with Gasteiger partial charge < -0.3 is 4.74 Å². The van der Waals surface area contributed by atoms with Crippen molar-refractivity contribution < 1.29 is 13.5 Å². The minimum atomic E-state index is -0.803. The van der Waals surface area contributed by atoms with Crippen molar-refractivity contribution in [2.45, 2.75) is 25.6 Å². The smallest absolute Gasteiger partial charge is 0.163 e. The van der Waals surface area contributed by atoms with Gasteiger partial charge in [-0.05, 0) is 13.0 Å². The molecule has 2 nitrogen and oxygen atoms in total. The van der Waals surface area contributed by atoms with Gasteiger partial charge in [-0.25, -0.2) is 8.78 Å². The van der Waals surface area contributed by atoms with Crippen LogP contribution in [0.1, 0.15) is 12.5 Å². The van der Waals surface area contributed by atoms with E-state index in [4.69, 9.17) is 16.3 Å². The predicted molar refractivity (Wildman–Crippen MR) is 66.7 cm³/mol. The molecule has 1 aliphatic rings.